The van der Waals surface area contributed by atoms with Gasteiger partial charge < -0.3 is 14.6 Å². The Labute approximate surface area is 209 Å². The summed E-state index contributed by atoms with van der Waals surface area (Å²) in [4.78, 5) is 21.4. The lowest BCUT2D eigenvalue weighted by Crippen LogP contribution is -2.49. The van der Waals surface area contributed by atoms with Gasteiger partial charge in [-0.3, -0.25) is 9.69 Å². The average molecular weight is 486 g/mol. The normalized spacial score (nSPS) is 18.1. The van der Waals surface area contributed by atoms with E-state index in [1.54, 1.807) is 7.11 Å². The van der Waals surface area contributed by atoms with Crippen molar-refractivity contribution in [2.75, 3.05) is 38.2 Å². The molecule has 1 N–H and O–H groups in total. The lowest BCUT2D eigenvalue weighted by molar-refractivity contribution is 0.197. The zero-order chi connectivity index (χ0) is 24.5. The van der Waals surface area contributed by atoms with Crippen LogP contribution >= 0.6 is 0 Å². The lowest BCUT2D eigenvalue weighted by atomic mass is 10.0. The number of fused-ring (bicyclic) bond motifs is 1. The zero-order valence-electron chi connectivity index (χ0n) is 20.5. The molecule has 0 bridgehead atoms. The lowest BCUT2D eigenvalue weighted by Gasteiger charge is -2.39. The van der Waals surface area contributed by atoms with Gasteiger partial charge in [-0.1, -0.05) is 31.0 Å². The summed E-state index contributed by atoms with van der Waals surface area (Å²) in [5, 5.41) is 14.0. The highest BCUT2D eigenvalue weighted by Gasteiger charge is 2.34. The van der Waals surface area contributed by atoms with Gasteiger partial charge in [0.2, 0.25) is 0 Å². The Morgan fingerprint density at radius 2 is 1.78 bits per heavy atom. The van der Waals surface area contributed by atoms with E-state index in [0.717, 1.165) is 55.7 Å². The van der Waals surface area contributed by atoms with Crippen LogP contribution in [0.4, 0.5) is 5.69 Å². The Morgan fingerprint density at radius 1 is 1.00 bits per heavy atom. The molecule has 1 atom stereocenters. The molecule has 2 aliphatic rings. The van der Waals surface area contributed by atoms with Gasteiger partial charge >= 0.3 is 0 Å². The highest BCUT2D eigenvalue weighted by molar-refractivity contribution is 5.80. The maximum atomic E-state index is 13.5. The smallest absolute Gasteiger partial charge is 0.253 e. The van der Waals surface area contributed by atoms with Crippen LogP contribution in [-0.2, 0) is 0 Å². The number of nitrogens with one attached hydrogen (secondary N) is 1. The quantitative estimate of drug-likeness (QED) is 0.447. The second-order valence-corrected chi connectivity index (χ2v) is 9.69. The van der Waals surface area contributed by atoms with Crippen molar-refractivity contribution in [3.8, 4) is 5.75 Å². The molecule has 2 fully saturated rings. The Bertz CT molecular complexity index is 1390. The topological polar surface area (TPSA) is 92.2 Å². The van der Waals surface area contributed by atoms with Crippen LogP contribution in [0.5, 0.6) is 5.75 Å². The van der Waals surface area contributed by atoms with Crippen molar-refractivity contribution < 1.29 is 4.74 Å². The van der Waals surface area contributed by atoms with Crippen LogP contribution in [0.3, 0.4) is 0 Å². The van der Waals surface area contributed by atoms with Crippen LogP contribution in [-0.4, -0.2) is 63.4 Å². The molecule has 2 aromatic carbocycles. The van der Waals surface area contributed by atoms with E-state index in [0.29, 0.717) is 11.3 Å². The Balaban J connectivity index is 1.39. The number of para-hydroxylation sites is 1. The highest BCUT2D eigenvalue weighted by atomic mass is 16.5. The number of aromatic nitrogens is 5. The SMILES string of the molecule is COc1ccc2cc([C@@H](c3nnnn3C3CCCC3)N3CCN(c4ccccc4)CC3)c(=O)[nH]c2c1. The van der Waals surface area contributed by atoms with Crippen LogP contribution in [0.2, 0.25) is 0 Å². The minimum Gasteiger partial charge on any atom is -0.497 e. The van der Waals surface area contributed by atoms with E-state index in [2.05, 4.69) is 54.6 Å². The van der Waals surface area contributed by atoms with Crippen LogP contribution in [0.1, 0.15) is 49.2 Å². The number of pyridine rings is 1. The molecular formula is C27H31N7O2. The molecule has 1 saturated heterocycles. The number of methoxy groups -OCH3 is 1. The number of tetrazole rings is 1. The largest absolute Gasteiger partial charge is 0.497 e. The fourth-order valence-corrected chi connectivity index (χ4v) is 5.69. The third-order valence-electron chi connectivity index (χ3n) is 7.61. The molecule has 0 unspecified atom stereocenters. The van der Waals surface area contributed by atoms with Gasteiger partial charge in [0.05, 0.1) is 18.7 Å². The molecule has 1 aliphatic heterocycles. The van der Waals surface area contributed by atoms with Gasteiger partial charge in [0, 0.05) is 43.5 Å². The summed E-state index contributed by atoms with van der Waals surface area (Å²) in [6, 6.07) is 18.2. The van der Waals surface area contributed by atoms with Crippen LogP contribution in [0, 0.1) is 0 Å². The first-order chi connectivity index (χ1) is 17.7. The number of rotatable bonds is 6. The molecule has 9 nitrogen and oxygen atoms in total. The number of ether oxygens (including phenoxy) is 1. The van der Waals surface area contributed by atoms with Gasteiger partial charge in [0.25, 0.3) is 5.56 Å². The number of aromatic amines is 1. The maximum absolute atomic E-state index is 13.5. The first kappa shape index (κ1) is 22.7. The highest BCUT2D eigenvalue weighted by Crippen LogP contribution is 2.34. The number of anilines is 1. The van der Waals surface area contributed by atoms with Crippen molar-refractivity contribution in [2.24, 2.45) is 0 Å². The molecule has 1 saturated carbocycles. The molecule has 6 rings (SSSR count). The van der Waals surface area contributed by atoms with E-state index in [-0.39, 0.29) is 17.6 Å². The Kier molecular flexibility index (Phi) is 6.14. The monoisotopic (exact) mass is 485 g/mol. The molecule has 0 spiro atoms. The van der Waals surface area contributed by atoms with E-state index >= 15 is 0 Å². The summed E-state index contributed by atoms with van der Waals surface area (Å²) in [5.41, 5.74) is 2.54. The molecule has 186 valence electrons. The molecule has 1 aliphatic carbocycles. The van der Waals surface area contributed by atoms with Crippen molar-refractivity contribution >= 4 is 16.6 Å². The molecule has 3 heterocycles. The predicted molar refractivity (Wildman–Crippen MR) is 139 cm³/mol. The van der Waals surface area contributed by atoms with E-state index in [9.17, 15) is 4.79 Å². The molecule has 9 heteroatoms. The number of nitrogens with zero attached hydrogens (tertiary/aromatic N) is 6. The maximum Gasteiger partial charge on any atom is 0.253 e. The summed E-state index contributed by atoms with van der Waals surface area (Å²) in [5.74, 6) is 1.47. The fraction of sp³-hybridized carbons (Fsp3) is 0.407. The minimum atomic E-state index is -0.325. The van der Waals surface area contributed by atoms with Gasteiger partial charge in [-0.05, 0) is 59.0 Å². The minimum absolute atomic E-state index is 0.118. The van der Waals surface area contributed by atoms with Crippen LogP contribution in [0.25, 0.3) is 10.9 Å². The first-order valence-corrected chi connectivity index (χ1v) is 12.7. The zero-order valence-corrected chi connectivity index (χ0v) is 20.5. The van der Waals surface area contributed by atoms with Crippen molar-refractivity contribution in [1.82, 2.24) is 30.1 Å². The molecule has 4 aromatic rings. The summed E-state index contributed by atoms with van der Waals surface area (Å²) in [7, 11) is 1.63. The third kappa shape index (κ3) is 4.24. The van der Waals surface area contributed by atoms with Crippen molar-refractivity contribution in [3.63, 3.8) is 0 Å². The van der Waals surface area contributed by atoms with Gasteiger partial charge in [-0.15, -0.1) is 5.10 Å². The van der Waals surface area contributed by atoms with E-state index in [1.807, 2.05) is 35.0 Å². The van der Waals surface area contributed by atoms with E-state index in [4.69, 9.17) is 4.74 Å². The summed E-state index contributed by atoms with van der Waals surface area (Å²) in [6.45, 7) is 3.34. The third-order valence-corrected chi connectivity index (χ3v) is 7.61. The van der Waals surface area contributed by atoms with Gasteiger partial charge in [-0.2, -0.15) is 0 Å². The number of hydrogen-bond acceptors (Lipinski definition) is 7. The second kappa shape index (κ2) is 9.73. The van der Waals surface area contributed by atoms with Crippen LogP contribution < -0.4 is 15.2 Å². The molecular weight excluding hydrogens is 454 g/mol. The molecule has 2 aromatic heterocycles. The van der Waals surface area contributed by atoms with Crippen molar-refractivity contribution in [1.29, 1.82) is 0 Å². The van der Waals surface area contributed by atoms with Gasteiger partial charge in [0.15, 0.2) is 5.82 Å². The fourth-order valence-electron chi connectivity index (χ4n) is 5.69. The summed E-state index contributed by atoms with van der Waals surface area (Å²) in [6.07, 6.45) is 4.51. The molecule has 0 amide bonds. The first-order valence-electron chi connectivity index (χ1n) is 12.7. The predicted octanol–water partition coefficient (Wildman–Crippen LogP) is 3.55. The van der Waals surface area contributed by atoms with Gasteiger partial charge in [0.1, 0.15) is 11.8 Å². The standard InChI is InChI=1S/C27H31N7O2/c1-36-22-12-11-19-17-23(27(35)28-24(19)18-22)25(26-29-30-31-34(26)21-9-5-6-10-21)33-15-13-32(14-16-33)20-7-3-2-4-8-20/h2-4,7-8,11-12,17-18,21,25H,5-6,9-10,13-16H2,1H3,(H,28,35)/t25-/m0/s1. The Morgan fingerprint density at radius 3 is 2.53 bits per heavy atom. The number of piperazine rings is 1. The van der Waals surface area contributed by atoms with E-state index in [1.165, 1.54) is 18.5 Å². The van der Waals surface area contributed by atoms with Crippen molar-refractivity contribution in [3.05, 3.63) is 76.3 Å². The average Bonchev–Trinajstić information content (AvgIpc) is 3.62. The molecule has 0 radical (unpaired) electrons. The Hall–Kier alpha value is -3.72. The second-order valence-electron chi connectivity index (χ2n) is 9.69. The van der Waals surface area contributed by atoms with Crippen molar-refractivity contribution in [2.45, 2.75) is 37.8 Å². The van der Waals surface area contributed by atoms with Crippen LogP contribution in [0.15, 0.2) is 59.4 Å². The van der Waals surface area contributed by atoms with Gasteiger partial charge in [-0.25, -0.2) is 4.68 Å². The number of benzene rings is 2. The van der Waals surface area contributed by atoms with E-state index < -0.39 is 0 Å². The summed E-state index contributed by atoms with van der Waals surface area (Å²) >= 11 is 0. The number of H-pyrrole nitrogens is 1. The summed E-state index contributed by atoms with van der Waals surface area (Å²) < 4.78 is 7.33. The number of hydrogen-bond donors (Lipinski definition) is 1. The molecule has 36 heavy (non-hydrogen) atoms.